The molecule has 1 aromatic rings. The van der Waals surface area contributed by atoms with E-state index >= 15 is 0 Å². The molecule has 1 saturated carbocycles. The minimum absolute atomic E-state index is 0.0978. The summed E-state index contributed by atoms with van der Waals surface area (Å²) in [5.74, 6) is 0.998. The number of carbonyl (C=O) groups excluding carboxylic acids is 1. The second-order valence-corrected chi connectivity index (χ2v) is 5.20. The fourth-order valence-corrected chi connectivity index (χ4v) is 2.25. The van der Waals surface area contributed by atoms with Crippen LogP contribution in [0.2, 0.25) is 0 Å². The predicted molar refractivity (Wildman–Crippen MR) is 79.4 cm³/mol. The quantitative estimate of drug-likeness (QED) is 0.744. The molecule has 1 unspecified atom stereocenters. The zero-order valence-corrected chi connectivity index (χ0v) is 12.6. The molecule has 21 heavy (non-hydrogen) atoms. The van der Waals surface area contributed by atoms with Crippen molar-refractivity contribution >= 4 is 5.97 Å². The lowest BCUT2D eigenvalue weighted by Gasteiger charge is -2.27. The largest absolute Gasteiger partial charge is 0.490 e. The lowest BCUT2D eigenvalue weighted by molar-refractivity contribution is -0.152. The molecule has 1 aliphatic rings. The molecular weight excluding hydrogens is 270 g/mol. The van der Waals surface area contributed by atoms with E-state index in [0.717, 1.165) is 12.8 Å². The van der Waals surface area contributed by atoms with E-state index in [9.17, 15) is 4.79 Å². The van der Waals surface area contributed by atoms with Gasteiger partial charge in [-0.25, -0.2) is 4.79 Å². The first kappa shape index (κ1) is 15.6. The average molecular weight is 293 g/mol. The summed E-state index contributed by atoms with van der Waals surface area (Å²) in [6, 6.07) is 7.37. The van der Waals surface area contributed by atoms with Crippen molar-refractivity contribution in [1.29, 1.82) is 0 Å². The number of ether oxygens (including phenoxy) is 3. The summed E-state index contributed by atoms with van der Waals surface area (Å²) >= 11 is 0. The summed E-state index contributed by atoms with van der Waals surface area (Å²) in [6.45, 7) is 4.65. The molecule has 0 radical (unpaired) electrons. The van der Waals surface area contributed by atoms with E-state index < -0.39 is 5.54 Å². The second-order valence-electron chi connectivity index (χ2n) is 5.20. The molecule has 0 aliphatic heterocycles. The zero-order valence-electron chi connectivity index (χ0n) is 12.6. The van der Waals surface area contributed by atoms with E-state index in [1.165, 1.54) is 0 Å². The molecule has 5 heteroatoms. The van der Waals surface area contributed by atoms with Crippen LogP contribution in [0.3, 0.4) is 0 Å². The fraction of sp³-hybridized carbons (Fsp3) is 0.562. The van der Waals surface area contributed by atoms with Gasteiger partial charge in [0.1, 0.15) is 6.61 Å². The van der Waals surface area contributed by atoms with E-state index in [0.29, 0.717) is 24.7 Å². The Morgan fingerprint density at radius 1 is 1.19 bits per heavy atom. The third-order valence-corrected chi connectivity index (χ3v) is 3.58. The Kier molecular flexibility index (Phi) is 5.07. The Hall–Kier alpha value is -1.75. The molecule has 0 heterocycles. The van der Waals surface area contributed by atoms with Crippen molar-refractivity contribution in [1.82, 2.24) is 0 Å². The number of nitrogens with two attached hydrogens (primary N) is 1. The maximum atomic E-state index is 12.1. The summed E-state index contributed by atoms with van der Waals surface area (Å²) in [4.78, 5) is 12.1. The van der Waals surface area contributed by atoms with Crippen molar-refractivity contribution in [3.8, 4) is 11.5 Å². The summed E-state index contributed by atoms with van der Waals surface area (Å²) in [6.07, 6.45) is 1.87. The molecule has 0 amide bonds. The van der Waals surface area contributed by atoms with Gasteiger partial charge < -0.3 is 19.9 Å². The molecule has 1 atom stereocenters. The van der Waals surface area contributed by atoms with Gasteiger partial charge in [0.05, 0.1) is 13.2 Å². The highest BCUT2D eigenvalue weighted by molar-refractivity contribution is 5.81. The van der Waals surface area contributed by atoms with Crippen LogP contribution < -0.4 is 15.2 Å². The van der Waals surface area contributed by atoms with Crippen LogP contribution >= 0.6 is 0 Å². The van der Waals surface area contributed by atoms with Gasteiger partial charge in [-0.3, -0.25) is 0 Å². The lowest BCUT2D eigenvalue weighted by Crippen LogP contribution is -2.55. The van der Waals surface area contributed by atoms with Gasteiger partial charge >= 0.3 is 5.97 Å². The van der Waals surface area contributed by atoms with E-state index in [2.05, 4.69) is 0 Å². The third-order valence-electron chi connectivity index (χ3n) is 3.58. The van der Waals surface area contributed by atoms with Crippen molar-refractivity contribution in [2.45, 2.75) is 32.2 Å². The molecular formula is C16H23NO4. The molecule has 0 bridgehead atoms. The number of para-hydroxylation sites is 2. The molecule has 1 fully saturated rings. The third kappa shape index (κ3) is 3.67. The van der Waals surface area contributed by atoms with Gasteiger partial charge in [-0.15, -0.1) is 0 Å². The summed E-state index contributed by atoms with van der Waals surface area (Å²) < 4.78 is 16.4. The number of hydrogen-bond donors (Lipinski definition) is 1. The summed E-state index contributed by atoms with van der Waals surface area (Å²) in [7, 11) is 0. The molecule has 116 valence electrons. The predicted octanol–water partition coefficient (Wildman–Crippen LogP) is 2.13. The van der Waals surface area contributed by atoms with Crippen molar-refractivity contribution < 1.29 is 19.0 Å². The van der Waals surface area contributed by atoms with Crippen molar-refractivity contribution in [3.05, 3.63) is 24.3 Å². The van der Waals surface area contributed by atoms with Crippen LogP contribution in [-0.4, -0.2) is 31.3 Å². The van der Waals surface area contributed by atoms with Crippen LogP contribution in [0, 0.1) is 5.92 Å². The highest BCUT2D eigenvalue weighted by Crippen LogP contribution is 2.40. The highest BCUT2D eigenvalue weighted by Gasteiger charge is 2.50. The number of benzene rings is 1. The van der Waals surface area contributed by atoms with Gasteiger partial charge in [0.25, 0.3) is 0 Å². The monoisotopic (exact) mass is 293 g/mol. The molecule has 0 aromatic heterocycles. The van der Waals surface area contributed by atoms with Gasteiger partial charge in [0, 0.05) is 0 Å². The van der Waals surface area contributed by atoms with Crippen LogP contribution in [0.1, 0.15) is 26.7 Å². The maximum Gasteiger partial charge on any atom is 0.329 e. The van der Waals surface area contributed by atoms with E-state index in [1.807, 2.05) is 31.2 Å². The van der Waals surface area contributed by atoms with E-state index in [4.69, 9.17) is 19.9 Å². The van der Waals surface area contributed by atoms with Crippen LogP contribution in [0.4, 0.5) is 0 Å². The second kappa shape index (κ2) is 6.80. The first-order chi connectivity index (χ1) is 10.1. The van der Waals surface area contributed by atoms with Crippen molar-refractivity contribution in [2.75, 3.05) is 19.8 Å². The van der Waals surface area contributed by atoms with Crippen molar-refractivity contribution in [3.63, 3.8) is 0 Å². The topological polar surface area (TPSA) is 70.8 Å². The molecule has 0 spiro atoms. The van der Waals surface area contributed by atoms with Crippen LogP contribution in [0.25, 0.3) is 0 Å². The Morgan fingerprint density at radius 2 is 1.81 bits per heavy atom. The minimum Gasteiger partial charge on any atom is -0.490 e. The summed E-state index contributed by atoms with van der Waals surface area (Å²) in [5.41, 5.74) is 5.19. The van der Waals surface area contributed by atoms with Crippen LogP contribution in [-0.2, 0) is 9.53 Å². The summed E-state index contributed by atoms with van der Waals surface area (Å²) in [5, 5.41) is 0. The van der Waals surface area contributed by atoms with Gasteiger partial charge in [-0.05, 0) is 44.7 Å². The number of carbonyl (C=O) groups is 1. The molecule has 0 saturated heterocycles. The van der Waals surface area contributed by atoms with Crippen LogP contribution in [0.5, 0.6) is 11.5 Å². The molecule has 1 aliphatic carbocycles. The number of hydrogen-bond acceptors (Lipinski definition) is 5. The zero-order chi connectivity index (χ0) is 15.3. The Balaban J connectivity index is 2.07. The fourth-order valence-electron chi connectivity index (χ4n) is 2.25. The minimum atomic E-state index is -1.07. The highest BCUT2D eigenvalue weighted by atomic mass is 16.5. The normalized spacial score (nSPS) is 16.9. The Morgan fingerprint density at radius 3 is 2.33 bits per heavy atom. The molecule has 2 N–H and O–H groups in total. The Labute approximate surface area is 125 Å². The Bertz CT molecular complexity index is 487. The number of esters is 1. The smallest absolute Gasteiger partial charge is 0.329 e. The first-order valence-electron chi connectivity index (χ1n) is 7.42. The first-order valence-corrected chi connectivity index (χ1v) is 7.42. The van der Waals surface area contributed by atoms with Gasteiger partial charge in [-0.2, -0.15) is 0 Å². The SMILES string of the molecule is CCOC(=O)C(N)(COc1ccccc1OCC)C1CC1. The molecule has 5 nitrogen and oxygen atoms in total. The lowest BCUT2D eigenvalue weighted by atomic mass is 9.96. The maximum absolute atomic E-state index is 12.1. The van der Waals surface area contributed by atoms with Crippen LogP contribution in [0.15, 0.2) is 24.3 Å². The van der Waals surface area contributed by atoms with Gasteiger partial charge in [0.15, 0.2) is 17.0 Å². The van der Waals surface area contributed by atoms with Crippen molar-refractivity contribution in [2.24, 2.45) is 11.7 Å². The van der Waals surface area contributed by atoms with E-state index in [1.54, 1.807) is 6.92 Å². The van der Waals surface area contributed by atoms with Gasteiger partial charge in [0.2, 0.25) is 0 Å². The molecule has 2 rings (SSSR count). The average Bonchev–Trinajstić information content (AvgIpc) is 3.31. The number of rotatable bonds is 8. The van der Waals surface area contributed by atoms with Gasteiger partial charge in [-0.1, -0.05) is 12.1 Å². The standard InChI is InChI=1S/C16H23NO4/c1-3-19-13-7-5-6-8-14(13)21-11-16(17,12-9-10-12)15(18)20-4-2/h5-8,12H,3-4,9-11,17H2,1-2H3. The molecule has 1 aromatic carbocycles. The van der Waals surface area contributed by atoms with E-state index in [-0.39, 0.29) is 18.5 Å².